The molecule has 2 aliphatic heterocycles. The van der Waals surface area contributed by atoms with E-state index in [2.05, 4.69) is 4.98 Å². The molecule has 0 aliphatic carbocycles. The molecule has 8 heteroatoms. The van der Waals surface area contributed by atoms with Gasteiger partial charge in [0.2, 0.25) is 5.91 Å². The standard InChI is InChI=1S/C18H18F3N3O2/c1-23-12-8-24(7-11(17(23)25)9-26-10-12)15-5-6-22-16-13(15)3-2-4-14(16)18(19,20)21/h2-6,11-12H,7-10H2,1H3/t11-,12+/m1/s1. The molecule has 0 radical (unpaired) electrons. The number of rotatable bonds is 1. The van der Waals surface area contributed by atoms with E-state index in [1.165, 1.54) is 12.3 Å². The van der Waals surface area contributed by atoms with Gasteiger partial charge in [-0.2, -0.15) is 13.2 Å². The molecule has 2 atom stereocenters. The van der Waals surface area contributed by atoms with Crippen molar-refractivity contribution >= 4 is 22.5 Å². The van der Waals surface area contributed by atoms with Crippen LogP contribution in [-0.4, -0.2) is 55.2 Å². The summed E-state index contributed by atoms with van der Waals surface area (Å²) >= 11 is 0. The van der Waals surface area contributed by atoms with Crippen LogP contribution in [0.5, 0.6) is 0 Å². The number of likely N-dealkylation sites (N-methyl/N-ethyl adjacent to an activating group) is 1. The van der Waals surface area contributed by atoms with Crippen molar-refractivity contribution in [3.05, 3.63) is 36.0 Å². The minimum atomic E-state index is -4.47. The molecular weight excluding hydrogens is 347 g/mol. The third kappa shape index (κ3) is 2.78. The predicted octanol–water partition coefficient (Wildman–Crippen LogP) is 2.55. The SMILES string of the molecule is CN1C(=O)[C@H]2COC[C@@H]1CN(c1ccnc3c(C(F)(F)F)cccc13)C2. The topological polar surface area (TPSA) is 45.7 Å². The van der Waals surface area contributed by atoms with Crippen molar-refractivity contribution < 1.29 is 22.7 Å². The highest BCUT2D eigenvalue weighted by Crippen LogP contribution is 2.37. The molecule has 26 heavy (non-hydrogen) atoms. The number of halogens is 3. The zero-order valence-electron chi connectivity index (χ0n) is 14.2. The van der Waals surface area contributed by atoms with Crippen molar-refractivity contribution in [1.29, 1.82) is 0 Å². The Morgan fingerprint density at radius 1 is 1.19 bits per heavy atom. The van der Waals surface area contributed by atoms with Crippen molar-refractivity contribution in [3.8, 4) is 0 Å². The number of amides is 1. The number of aromatic nitrogens is 1. The van der Waals surface area contributed by atoms with E-state index >= 15 is 0 Å². The molecular formula is C18H18F3N3O2. The lowest BCUT2D eigenvalue weighted by Gasteiger charge is -2.31. The molecule has 4 rings (SSSR count). The lowest BCUT2D eigenvalue weighted by molar-refractivity contribution is -0.136. The van der Waals surface area contributed by atoms with E-state index in [1.54, 1.807) is 24.1 Å². The first kappa shape index (κ1) is 17.1. The Kier molecular flexibility index (Phi) is 4.02. The number of hydrogen-bond donors (Lipinski definition) is 0. The lowest BCUT2D eigenvalue weighted by Crippen LogP contribution is -2.43. The third-order valence-electron chi connectivity index (χ3n) is 5.14. The summed E-state index contributed by atoms with van der Waals surface area (Å²) in [7, 11) is 1.75. The Bertz CT molecular complexity index is 855. The van der Waals surface area contributed by atoms with Crippen molar-refractivity contribution in [2.75, 3.05) is 38.3 Å². The summed E-state index contributed by atoms with van der Waals surface area (Å²) < 4.78 is 45.6. The van der Waals surface area contributed by atoms with E-state index < -0.39 is 11.7 Å². The third-order valence-corrected chi connectivity index (χ3v) is 5.14. The maximum absolute atomic E-state index is 13.3. The van der Waals surface area contributed by atoms with Crippen molar-refractivity contribution in [2.45, 2.75) is 12.2 Å². The number of carbonyl (C=O) groups is 1. The van der Waals surface area contributed by atoms with Crippen LogP contribution in [-0.2, 0) is 15.7 Å². The molecule has 0 unspecified atom stereocenters. The zero-order chi connectivity index (χ0) is 18.5. The van der Waals surface area contributed by atoms with Crippen LogP contribution >= 0.6 is 0 Å². The average Bonchev–Trinajstić information content (AvgIpc) is 2.78. The van der Waals surface area contributed by atoms with Crippen LogP contribution in [0, 0.1) is 5.92 Å². The van der Waals surface area contributed by atoms with Gasteiger partial charge in [0.1, 0.15) is 0 Å². The first-order valence-corrected chi connectivity index (χ1v) is 8.40. The average molecular weight is 365 g/mol. The molecule has 0 N–H and O–H groups in total. The minimum Gasteiger partial charge on any atom is -0.378 e. The molecule has 138 valence electrons. The number of nitrogens with zero attached hydrogens (tertiary/aromatic N) is 3. The number of benzene rings is 1. The normalized spacial score (nSPS) is 24.1. The smallest absolute Gasteiger partial charge is 0.378 e. The number of anilines is 1. The fourth-order valence-electron chi connectivity index (χ4n) is 3.76. The van der Waals surface area contributed by atoms with Gasteiger partial charge < -0.3 is 14.5 Å². The molecule has 2 bridgehead atoms. The van der Waals surface area contributed by atoms with Crippen molar-refractivity contribution in [3.63, 3.8) is 0 Å². The van der Waals surface area contributed by atoms with Gasteiger partial charge in [0, 0.05) is 37.4 Å². The van der Waals surface area contributed by atoms with Gasteiger partial charge in [0.15, 0.2) is 0 Å². The number of fused-ring (bicyclic) bond motifs is 4. The first-order chi connectivity index (χ1) is 12.4. The summed E-state index contributed by atoms with van der Waals surface area (Å²) in [5.41, 5.74) is -0.146. The van der Waals surface area contributed by atoms with E-state index in [9.17, 15) is 18.0 Å². The summed E-state index contributed by atoms with van der Waals surface area (Å²) in [6, 6.07) is 5.67. The Balaban J connectivity index is 1.81. The van der Waals surface area contributed by atoms with Gasteiger partial charge in [-0.15, -0.1) is 0 Å². The van der Waals surface area contributed by atoms with Gasteiger partial charge in [-0.25, -0.2) is 0 Å². The summed E-state index contributed by atoms with van der Waals surface area (Å²) in [6.07, 6.45) is -3.07. The van der Waals surface area contributed by atoms with Crippen LogP contribution in [0.25, 0.3) is 10.9 Å². The van der Waals surface area contributed by atoms with Gasteiger partial charge in [-0.05, 0) is 12.1 Å². The van der Waals surface area contributed by atoms with Gasteiger partial charge in [0.25, 0.3) is 0 Å². The second kappa shape index (κ2) is 6.12. The largest absolute Gasteiger partial charge is 0.418 e. The fourth-order valence-corrected chi connectivity index (χ4v) is 3.76. The Morgan fingerprint density at radius 2 is 2.00 bits per heavy atom. The lowest BCUT2D eigenvalue weighted by atomic mass is 10.1. The first-order valence-electron chi connectivity index (χ1n) is 8.40. The molecule has 1 aromatic heterocycles. The molecule has 5 nitrogen and oxygen atoms in total. The Labute approximate surface area is 148 Å². The molecule has 2 aliphatic rings. The van der Waals surface area contributed by atoms with E-state index in [-0.39, 0.29) is 23.4 Å². The van der Waals surface area contributed by atoms with Crippen molar-refractivity contribution in [1.82, 2.24) is 9.88 Å². The van der Waals surface area contributed by atoms with Crippen LogP contribution in [0.2, 0.25) is 0 Å². The molecule has 1 amide bonds. The fraction of sp³-hybridized carbons (Fsp3) is 0.444. The number of para-hydroxylation sites is 1. The minimum absolute atomic E-state index is 0.0179. The number of carbonyl (C=O) groups excluding carboxylic acids is 1. The molecule has 3 heterocycles. The Morgan fingerprint density at radius 3 is 2.77 bits per heavy atom. The van der Waals surface area contributed by atoms with Gasteiger partial charge in [-0.3, -0.25) is 9.78 Å². The quantitative estimate of drug-likeness (QED) is 0.779. The highest BCUT2D eigenvalue weighted by Gasteiger charge is 2.38. The van der Waals surface area contributed by atoms with E-state index in [0.29, 0.717) is 37.4 Å². The maximum Gasteiger partial charge on any atom is 0.418 e. The second-order valence-corrected chi connectivity index (χ2v) is 6.77. The maximum atomic E-state index is 13.3. The van der Waals surface area contributed by atoms with Gasteiger partial charge >= 0.3 is 6.18 Å². The van der Waals surface area contributed by atoms with Crippen LogP contribution in [0.3, 0.4) is 0 Å². The Hall–Kier alpha value is -2.35. The summed E-state index contributed by atoms with van der Waals surface area (Å²) in [4.78, 5) is 20.2. The van der Waals surface area contributed by atoms with Gasteiger partial charge in [0.05, 0.1) is 36.3 Å². The molecule has 0 saturated carbocycles. The number of hydrogen-bond acceptors (Lipinski definition) is 4. The predicted molar refractivity (Wildman–Crippen MR) is 89.8 cm³/mol. The molecule has 2 fully saturated rings. The van der Waals surface area contributed by atoms with Crippen molar-refractivity contribution in [2.24, 2.45) is 5.92 Å². The summed E-state index contributed by atoms with van der Waals surface area (Å²) in [6.45, 7) is 1.67. The second-order valence-electron chi connectivity index (χ2n) is 6.77. The molecule has 2 saturated heterocycles. The van der Waals surface area contributed by atoms with Crippen LogP contribution in [0.15, 0.2) is 30.5 Å². The summed E-state index contributed by atoms with van der Waals surface area (Å²) in [5.74, 6) is -0.314. The zero-order valence-corrected chi connectivity index (χ0v) is 14.2. The van der Waals surface area contributed by atoms with E-state index in [1.807, 2.05) is 4.90 Å². The van der Waals surface area contributed by atoms with E-state index in [0.717, 1.165) is 6.07 Å². The van der Waals surface area contributed by atoms with Crippen LogP contribution in [0.4, 0.5) is 18.9 Å². The van der Waals surface area contributed by atoms with Crippen LogP contribution in [0.1, 0.15) is 5.56 Å². The van der Waals surface area contributed by atoms with E-state index in [4.69, 9.17) is 4.74 Å². The molecule has 2 aromatic rings. The highest BCUT2D eigenvalue weighted by molar-refractivity contribution is 5.94. The number of alkyl halides is 3. The number of pyridine rings is 1. The highest BCUT2D eigenvalue weighted by atomic mass is 19.4. The number of ether oxygens (including phenoxy) is 1. The summed E-state index contributed by atoms with van der Waals surface area (Å²) in [5, 5.41) is 0.443. The van der Waals surface area contributed by atoms with Gasteiger partial charge in [-0.1, -0.05) is 12.1 Å². The monoisotopic (exact) mass is 365 g/mol. The van der Waals surface area contributed by atoms with Crippen LogP contribution < -0.4 is 4.90 Å². The molecule has 1 aromatic carbocycles. The molecule has 0 spiro atoms.